The number of hydrogen-bond donors (Lipinski definition) is 1. The molecule has 1 heterocycles. The summed E-state index contributed by atoms with van der Waals surface area (Å²) in [6.45, 7) is 10.1. The second-order valence-corrected chi connectivity index (χ2v) is 5.15. The van der Waals surface area contributed by atoms with E-state index >= 15 is 0 Å². The van der Waals surface area contributed by atoms with Crippen LogP contribution in [0.1, 0.15) is 20.8 Å². The Morgan fingerprint density at radius 3 is 2.78 bits per heavy atom. The minimum absolute atomic E-state index is 0.0184. The number of likely N-dealkylation sites (N-methyl/N-ethyl adjacent to an activating group) is 1. The number of aliphatic carboxylic acids is 1. The highest BCUT2D eigenvalue weighted by atomic mass is 16.5. The highest BCUT2D eigenvalue weighted by molar-refractivity contribution is 5.71. The second-order valence-electron chi connectivity index (χ2n) is 5.15. The molecule has 2 unspecified atom stereocenters. The molecular weight excluding hydrogens is 234 g/mol. The van der Waals surface area contributed by atoms with Gasteiger partial charge in [0.2, 0.25) is 0 Å². The highest BCUT2D eigenvalue weighted by Gasteiger charge is 2.37. The number of hydrogen-bond acceptors (Lipinski definition) is 4. The normalized spacial score (nSPS) is 24.1. The smallest absolute Gasteiger partial charge is 0.310 e. The fourth-order valence-electron chi connectivity index (χ4n) is 2.20. The van der Waals surface area contributed by atoms with Crippen molar-refractivity contribution in [2.45, 2.75) is 26.8 Å². The topological polar surface area (TPSA) is 59.0 Å². The first-order chi connectivity index (χ1) is 8.56. The van der Waals surface area contributed by atoms with Gasteiger partial charge in [-0.05, 0) is 12.5 Å². The zero-order valence-corrected chi connectivity index (χ0v) is 11.6. The molecule has 0 aromatic carbocycles. The third-order valence-corrected chi connectivity index (χ3v) is 3.22. The number of nitrogens with zero attached hydrogens (tertiary/aromatic N) is 1. The van der Waals surface area contributed by atoms with Crippen LogP contribution >= 0.6 is 0 Å². The molecule has 18 heavy (non-hydrogen) atoms. The number of carboxylic acids is 1. The molecule has 5 heteroatoms. The van der Waals surface area contributed by atoms with Crippen LogP contribution in [0.3, 0.4) is 0 Å². The Bertz CT molecular complexity index is 257. The summed E-state index contributed by atoms with van der Waals surface area (Å²) in [5.41, 5.74) is 0. The van der Waals surface area contributed by atoms with Gasteiger partial charge in [0.1, 0.15) is 0 Å². The Labute approximate surface area is 109 Å². The van der Waals surface area contributed by atoms with E-state index in [4.69, 9.17) is 14.6 Å². The van der Waals surface area contributed by atoms with Gasteiger partial charge < -0.3 is 14.6 Å². The first kappa shape index (κ1) is 15.4. The molecule has 0 aromatic rings. The average Bonchev–Trinajstić information content (AvgIpc) is 2.78. The zero-order valence-electron chi connectivity index (χ0n) is 11.6. The van der Waals surface area contributed by atoms with Crippen LogP contribution in [0.5, 0.6) is 0 Å². The van der Waals surface area contributed by atoms with Crippen molar-refractivity contribution in [1.29, 1.82) is 0 Å². The minimum Gasteiger partial charge on any atom is -0.481 e. The summed E-state index contributed by atoms with van der Waals surface area (Å²) < 4.78 is 10.8. The minimum atomic E-state index is -0.765. The van der Waals surface area contributed by atoms with Crippen LogP contribution in [-0.2, 0) is 14.3 Å². The molecule has 1 rings (SSSR count). The summed E-state index contributed by atoms with van der Waals surface area (Å²) in [5, 5.41) is 9.13. The van der Waals surface area contributed by atoms with Gasteiger partial charge in [0.25, 0.3) is 0 Å². The molecule has 0 radical (unpaired) electrons. The fourth-order valence-corrected chi connectivity index (χ4v) is 2.20. The predicted molar refractivity (Wildman–Crippen MR) is 68.6 cm³/mol. The van der Waals surface area contributed by atoms with Crippen molar-refractivity contribution < 1.29 is 19.4 Å². The van der Waals surface area contributed by atoms with E-state index in [2.05, 4.69) is 18.7 Å². The zero-order chi connectivity index (χ0) is 13.5. The van der Waals surface area contributed by atoms with Crippen LogP contribution in [0, 0.1) is 11.8 Å². The summed E-state index contributed by atoms with van der Waals surface area (Å²) >= 11 is 0. The van der Waals surface area contributed by atoms with E-state index in [1.54, 1.807) is 0 Å². The Morgan fingerprint density at radius 1 is 1.50 bits per heavy atom. The number of carboxylic acid groups (broad SMARTS) is 1. The predicted octanol–water partition coefficient (Wildman–Crippen LogP) is 1.08. The van der Waals surface area contributed by atoms with Crippen molar-refractivity contribution in [1.82, 2.24) is 4.90 Å². The van der Waals surface area contributed by atoms with E-state index in [0.29, 0.717) is 25.7 Å². The highest BCUT2D eigenvalue weighted by Crippen LogP contribution is 2.19. The molecule has 1 fully saturated rings. The summed E-state index contributed by atoms with van der Waals surface area (Å²) in [6, 6.07) is -0.0184. The summed E-state index contributed by atoms with van der Waals surface area (Å²) in [5.74, 6) is -0.643. The van der Waals surface area contributed by atoms with Crippen molar-refractivity contribution in [3.8, 4) is 0 Å². The van der Waals surface area contributed by atoms with E-state index in [-0.39, 0.29) is 6.04 Å². The first-order valence-corrected chi connectivity index (χ1v) is 6.68. The molecule has 1 saturated heterocycles. The van der Waals surface area contributed by atoms with Gasteiger partial charge in [-0.2, -0.15) is 0 Å². The fraction of sp³-hybridized carbons (Fsp3) is 0.923. The lowest BCUT2D eigenvalue weighted by Crippen LogP contribution is -2.44. The van der Waals surface area contributed by atoms with Gasteiger partial charge in [-0.1, -0.05) is 20.8 Å². The van der Waals surface area contributed by atoms with Crippen molar-refractivity contribution >= 4 is 5.97 Å². The third-order valence-electron chi connectivity index (χ3n) is 3.22. The molecule has 0 amide bonds. The molecule has 0 aliphatic carbocycles. The van der Waals surface area contributed by atoms with Crippen molar-refractivity contribution in [3.05, 3.63) is 0 Å². The van der Waals surface area contributed by atoms with Gasteiger partial charge in [0.05, 0.1) is 25.7 Å². The van der Waals surface area contributed by atoms with Gasteiger partial charge in [0.15, 0.2) is 0 Å². The molecule has 5 nitrogen and oxygen atoms in total. The van der Waals surface area contributed by atoms with E-state index in [1.807, 2.05) is 6.92 Å². The van der Waals surface area contributed by atoms with Crippen LogP contribution in [0.25, 0.3) is 0 Å². The monoisotopic (exact) mass is 259 g/mol. The molecule has 1 aliphatic heterocycles. The molecule has 2 atom stereocenters. The van der Waals surface area contributed by atoms with Crippen LogP contribution in [-0.4, -0.2) is 61.5 Å². The molecule has 0 bridgehead atoms. The molecular formula is C13H25NO4. The molecule has 0 saturated carbocycles. The standard InChI is InChI=1S/C13H25NO4/c1-4-14(5-6-17-7-10(2)3)12-9-18-8-11(12)13(15)16/h10-12H,4-9H2,1-3H3,(H,15,16). The van der Waals surface area contributed by atoms with Crippen LogP contribution in [0.2, 0.25) is 0 Å². The SMILES string of the molecule is CCN(CCOCC(C)C)C1COCC1C(=O)O. The van der Waals surface area contributed by atoms with Crippen LogP contribution < -0.4 is 0 Å². The van der Waals surface area contributed by atoms with Crippen molar-refractivity contribution in [2.75, 3.05) is 39.5 Å². The Kier molecular flexibility index (Phi) is 6.60. The maximum atomic E-state index is 11.1. The molecule has 106 valence electrons. The molecule has 1 aliphatic rings. The van der Waals surface area contributed by atoms with E-state index in [9.17, 15) is 4.79 Å². The van der Waals surface area contributed by atoms with Gasteiger partial charge in [-0.3, -0.25) is 9.69 Å². The van der Waals surface area contributed by atoms with Crippen LogP contribution in [0.15, 0.2) is 0 Å². The number of carbonyl (C=O) groups is 1. The Balaban J connectivity index is 2.37. The van der Waals surface area contributed by atoms with E-state index in [1.165, 1.54) is 0 Å². The van der Waals surface area contributed by atoms with E-state index in [0.717, 1.165) is 19.7 Å². The van der Waals surface area contributed by atoms with Gasteiger partial charge >= 0.3 is 5.97 Å². The quantitative estimate of drug-likeness (QED) is 0.661. The third kappa shape index (κ3) is 4.55. The first-order valence-electron chi connectivity index (χ1n) is 6.68. The van der Waals surface area contributed by atoms with Gasteiger partial charge in [-0.15, -0.1) is 0 Å². The van der Waals surface area contributed by atoms with Crippen LogP contribution in [0.4, 0.5) is 0 Å². The molecule has 0 spiro atoms. The lowest BCUT2D eigenvalue weighted by molar-refractivity contribution is -0.143. The average molecular weight is 259 g/mol. The largest absolute Gasteiger partial charge is 0.481 e. The second kappa shape index (κ2) is 7.71. The Morgan fingerprint density at radius 2 is 2.22 bits per heavy atom. The summed E-state index contributed by atoms with van der Waals surface area (Å²) in [4.78, 5) is 13.3. The van der Waals surface area contributed by atoms with Crippen molar-refractivity contribution in [3.63, 3.8) is 0 Å². The maximum Gasteiger partial charge on any atom is 0.310 e. The van der Waals surface area contributed by atoms with E-state index < -0.39 is 11.9 Å². The summed E-state index contributed by atoms with van der Waals surface area (Å²) in [7, 11) is 0. The molecule has 1 N–H and O–H groups in total. The number of ether oxygens (including phenoxy) is 2. The summed E-state index contributed by atoms with van der Waals surface area (Å²) in [6.07, 6.45) is 0. The number of rotatable bonds is 8. The van der Waals surface area contributed by atoms with Crippen molar-refractivity contribution in [2.24, 2.45) is 11.8 Å². The molecule has 0 aromatic heterocycles. The van der Waals surface area contributed by atoms with Gasteiger partial charge in [0, 0.05) is 19.2 Å². The lowest BCUT2D eigenvalue weighted by atomic mass is 10.0. The lowest BCUT2D eigenvalue weighted by Gasteiger charge is -2.29. The maximum absolute atomic E-state index is 11.1. The van der Waals surface area contributed by atoms with Gasteiger partial charge in [-0.25, -0.2) is 0 Å². The Hall–Kier alpha value is -0.650.